The van der Waals surface area contributed by atoms with E-state index in [0.717, 1.165) is 12.4 Å². The first-order valence-electron chi connectivity index (χ1n) is 6.00. The lowest BCUT2D eigenvalue weighted by atomic mass is 10.3. The van der Waals surface area contributed by atoms with Crippen LogP contribution in [0.2, 0.25) is 0 Å². The van der Waals surface area contributed by atoms with Crippen LogP contribution in [-0.4, -0.2) is 23.1 Å². The largest absolute Gasteiger partial charge is 0.357 e. The van der Waals surface area contributed by atoms with Gasteiger partial charge in [-0.2, -0.15) is 4.98 Å². The van der Waals surface area contributed by atoms with E-state index in [4.69, 9.17) is 0 Å². The Kier molecular flexibility index (Phi) is 4.15. The quantitative estimate of drug-likeness (QED) is 0.899. The van der Waals surface area contributed by atoms with Gasteiger partial charge in [0.1, 0.15) is 5.82 Å². The van der Waals surface area contributed by atoms with E-state index in [0.29, 0.717) is 12.0 Å². The molecule has 4 nitrogen and oxygen atoms in total. The molecule has 0 aliphatic heterocycles. The first-order chi connectivity index (χ1) is 8.70. The molecule has 0 aliphatic carbocycles. The van der Waals surface area contributed by atoms with Crippen molar-refractivity contribution in [1.29, 1.82) is 0 Å². The maximum atomic E-state index is 4.50. The third kappa shape index (κ3) is 2.98. The van der Waals surface area contributed by atoms with E-state index >= 15 is 0 Å². The van der Waals surface area contributed by atoms with Gasteiger partial charge in [-0.05, 0) is 31.4 Å². The van der Waals surface area contributed by atoms with Gasteiger partial charge in [0.15, 0.2) is 0 Å². The van der Waals surface area contributed by atoms with Crippen molar-refractivity contribution in [3.05, 3.63) is 34.7 Å². The van der Waals surface area contributed by atoms with Crippen molar-refractivity contribution in [2.24, 2.45) is 0 Å². The third-order valence-corrected chi connectivity index (χ3v) is 3.55. The molecule has 0 radical (unpaired) electrons. The van der Waals surface area contributed by atoms with E-state index in [1.165, 1.54) is 4.88 Å². The zero-order chi connectivity index (χ0) is 13.0. The van der Waals surface area contributed by atoms with Crippen LogP contribution in [0.1, 0.15) is 18.7 Å². The van der Waals surface area contributed by atoms with Crippen LogP contribution < -0.4 is 10.2 Å². The molecule has 96 valence electrons. The highest BCUT2D eigenvalue weighted by Crippen LogP contribution is 2.20. The summed E-state index contributed by atoms with van der Waals surface area (Å²) in [4.78, 5) is 12.3. The molecule has 0 spiro atoms. The number of hydrogen-bond donors (Lipinski definition) is 1. The summed E-state index contributed by atoms with van der Waals surface area (Å²) in [5, 5.41) is 5.08. The molecule has 1 N–H and O–H groups in total. The van der Waals surface area contributed by atoms with E-state index in [9.17, 15) is 0 Å². The van der Waals surface area contributed by atoms with Crippen LogP contribution in [0.15, 0.2) is 29.8 Å². The van der Waals surface area contributed by atoms with Crippen molar-refractivity contribution in [3.63, 3.8) is 0 Å². The Morgan fingerprint density at radius 1 is 1.39 bits per heavy atom. The lowest BCUT2D eigenvalue weighted by Crippen LogP contribution is -2.30. The van der Waals surface area contributed by atoms with Crippen LogP contribution in [0, 0.1) is 0 Å². The van der Waals surface area contributed by atoms with E-state index in [1.54, 1.807) is 17.5 Å². The molecule has 0 saturated heterocycles. The lowest BCUT2D eigenvalue weighted by Gasteiger charge is -2.27. The molecule has 0 unspecified atom stereocenters. The van der Waals surface area contributed by atoms with Crippen molar-refractivity contribution in [3.8, 4) is 0 Å². The van der Waals surface area contributed by atoms with Crippen molar-refractivity contribution >= 4 is 23.1 Å². The Morgan fingerprint density at radius 3 is 2.83 bits per heavy atom. The van der Waals surface area contributed by atoms with Crippen LogP contribution in [0.3, 0.4) is 0 Å². The predicted octanol–water partition coefficient (Wildman–Crippen LogP) is 2.99. The number of thiophene rings is 1. The molecule has 18 heavy (non-hydrogen) atoms. The number of hydrogen-bond acceptors (Lipinski definition) is 5. The molecule has 0 aliphatic rings. The SMILES string of the molecule is CNc1nccc(N(Cc2cccs2)C(C)C)n1. The zero-order valence-corrected chi connectivity index (χ0v) is 11.7. The monoisotopic (exact) mass is 262 g/mol. The second-order valence-corrected chi connectivity index (χ2v) is 5.32. The summed E-state index contributed by atoms with van der Waals surface area (Å²) in [5.41, 5.74) is 0. The fourth-order valence-corrected chi connectivity index (χ4v) is 2.43. The van der Waals surface area contributed by atoms with Gasteiger partial charge in [-0.25, -0.2) is 4.98 Å². The minimum atomic E-state index is 0.395. The summed E-state index contributed by atoms with van der Waals surface area (Å²) in [6.45, 7) is 5.24. The normalized spacial score (nSPS) is 10.7. The van der Waals surface area contributed by atoms with Crippen molar-refractivity contribution in [2.45, 2.75) is 26.4 Å². The molecule has 2 rings (SSSR count). The van der Waals surface area contributed by atoms with Crippen LogP contribution >= 0.6 is 11.3 Å². The topological polar surface area (TPSA) is 41.1 Å². The molecule has 0 atom stereocenters. The maximum Gasteiger partial charge on any atom is 0.224 e. The van der Waals surface area contributed by atoms with Gasteiger partial charge >= 0.3 is 0 Å². The summed E-state index contributed by atoms with van der Waals surface area (Å²) in [7, 11) is 1.83. The van der Waals surface area contributed by atoms with Gasteiger partial charge in [0.2, 0.25) is 5.95 Å². The summed E-state index contributed by atoms with van der Waals surface area (Å²) >= 11 is 1.77. The highest BCUT2D eigenvalue weighted by Gasteiger charge is 2.13. The molecule has 5 heteroatoms. The minimum absolute atomic E-state index is 0.395. The molecule has 0 bridgehead atoms. The van der Waals surface area contributed by atoms with E-state index in [-0.39, 0.29) is 0 Å². The molecule has 2 heterocycles. The Labute approximate surface area is 112 Å². The summed E-state index contributed by atoms with van der Waals surface area (Å²) in [6.07, 6.45) is 1.79. The van der Waals surface area contributed by atoms with E-state index in [1.807, 2.05) is 13.1 Å². The number of aromatic nitrogens is 2. The molecular formula is C13H18N4S. The van der Waals surface area contributed by atoms with Crippen molar-refractivity contribution < 1.29 is 0 Å². The fraction of sp³-hybridized carbons (Fsp3) is 0.385. The third-order valence-electron chi connectivity index (χ3n) is 2.69. The van der Waals surface area contributed by atoms with Gasteiger partial charge in [0, 0.05) is 24.2 Å². The highest BCUT2D eigenvalue weighted by molar-refractivity contribution is 7.09. The molecule has 2 aromatic heterocycles. The van der Waals surface area contributed by atoms with Gasteiger partial charge in [-0.3, -0.25) is 0 Å². The molecule has 0 saturated carbocycles. The van der Waals surface area contributed by atoms with E-state index in [2.05, 4.69) is 51.5 Å². The molecule has 0 amide bonds. The maximum absolute atomic E-state index is 4.50. The number of rotatable bonds is 5. The first-order valence-corrected chi connectivity index (χ1v) is 6.88. The van der Waals surface area contributed by atoms with Gasteiger partial charge in [0.25, 0.3) is 0 Å². The standard InChI is InChI=1S/C13H18N4S/c1-10(2)17(9-11-5-4-8-18-11)12-6-7-15-13(14-3)16-12/h4-8,10H,9H2,1-3H3,(H,14,15,16). The summed E-state index contributed by atoms with van der Waals surface area (Å²) < 4.78 is 0. The second-order valence-electron chi connectivity index (χ2n) is 4.29. The first kappa shape index (κ1) is 12.8. The lowest BCUT2D eigenvalue weighted by molar-refractivity contribution is 0.676. The Bertz CT molecular complexity index is 481. The number of anilines is 2. The number of nitrogens with zero attached hydrogens (tertiary/aromatic N) is 3. The van der Waals surface area contributed by atoms with Crippen molar-refractivity contribution in [1.82, 2.24) is 9.97 Å². The fourth-order valence-electron chi connectivity index (χ4n) is 1.73. The smallest absolute Gasteiger partial charge is 0.224 e. The highest BCUT2D eigenvalue weighted by atomic mass is 32.1. The van der Waals surface area contributed by atoms with Crippen LogP contribution in [0.5, 0.6) is 0 Å². The molecule has 2 aromatic rings. The zero-order valence-electron chi connectivity index (χ0n) is 10.9. The Hall–Kier alpha value is -1.62. The van der Waals surface area contributed by atoms with Gasteiger partial charge in [-0.15, -0.1) is 11.3 Å². The molecule has 0 aromatic carbocycles. The minimum Gasteiger partial charge on any atom is -0.357 e. The average molecular weight is 262 g/mol. The summed E-state index contributed by atoms with van der Waals surface area (Å²) in [5.74, 6) is 1.61. The molecule has 0 fully saturated rings. The van der Waals surface area contributed by atoms with Gasteiger partial charge in [0.05, 0.1) is 6.54 Å². The van der Waals surface area contributed by atoms with Crippen molar-refractivity contribution in [2.75, 3.05) is 17.3 Å². The van der Waals surface area contributed by atoms with Gasteiger partial charge < -0.3 is 10.2 Å². The van der Waals surface area contributed by atoms with Crippen LogP contribution in [0.25, 0.3) is 0 Å². The summed E-state index contributed by atoms with van der Waals surface area (Å²) in [6, 6.07) is 6.58. The average Bonchev–Trinajstić information content (AvgIpc) is 2.88. The Morgan fingerprint density at radius 2 is 2.22 bits per heavy atom. The number of nitrogens with one attached hydrogen (secondary N) is 1. The second kappa shape index (κ2) is 5.82. The van der Waals surface area contributed by atoms with Crippen LogP contribution in [0.4, 0.5) is 11.8 Å². The van der Waals surface area contributed by atoms with Crippen LogP contribution in [-0.2, 0) is 6.54 Å². The Balaban J connectivity index is 2.23. The molecular weight excluding hydrogens is 244 g/mol. The van der Waals surface area contributed by atoms with Gasteiger partial charge in [-0.1, -0.05) is 6.07 Å². The van der Waals surface area contributed by atoms with E-state index < -0.39 is 0 Å². The predicted molar refractivity (Wildman–Crippen MR) is 77.2 cm³/mol.